The van der Waals surface area contributed by atoms with Gasteiger partial charge in [0, 0.05) is 5.33 Å². The molecule has 0 unspecified atom stereocenters. The van der Waals surface area contributed by atoms with Crippen LogP contribution in [0.15, 0.2) is 0 Å². The molecule has 0 nitrogen and oxygen atoms in total. The van der Waals surface area contributed by atoms with Gasteiger partial charge in [0.1, 0.15) is 0 Å². The lowest BCUT2D eigenvalue weighted by Gasteiger charge is -2.45. The minimum Gasteiger partial charge on any atom is -0.0922 e. The van der Waals surface area contributed by atoms with Crippen LogP contribution in [0.25, 0.3) is 0 Å². The Balaban J connectivity index is 1.95. The number of rotatable bonds is 1. The van der Waals surface area contributed by atoms with Gasteiger partial charge in [0.2, 0.25) is 0 Å². The summed E-state index contributed by atoms with van der Waals surface area (Å²) in [5, 5.41) is 1.21. The zero-order chi connectivity index (χ0) is 6.54. The molecule has 0 aromatic heterocycles. The van der Waals surface area contributed by atoms with Crippen molar-refractivity contribution in [1.29, 1.82) is 0 Å². The van der Waals surface area contributed by atoms with Gasteiger partial charge in [0.05, 0.1) is 0 Å². The first kappa shape index (κ1) is 6.21. The fourth-order valence-electron chi connectivity index (χ4n) is 2.38. The van der Waals surface area contributed by atoms with Crippen molar-refractivity contribution >= 4 is 15.9 Å². The van der Waals surface area contributed by atoms with Crippen molar-refractivity contribution in [2.75, 3.05) is 5.33 Å². The molecular weight excluding hydrogens is 176 g/mol. The fourth-order valence-corrected chi connectivity index (χ4v) is 2.78. The minimum atomic E-state index is 0.677. The van der Waals surface area contributed by atoms with E-state index in [1.165, 1.54) is 31.0 Å². The van der Waals surface area contributed by atoms with E-state index in [1.807, 2.05) is 0 Å². The van der Waals surface area contributed by atoms with Gasteiger partial charge in [-0.3, -0.25) is 0 Å². The van der Waals surface area contributed by atoms with E-state index < -0.39 is 0 Å². The molecule has 0 N–H and O–H groups in total. The van der Waals surface area contributed by atoms with Crippen molar-refractivity contribution in [2.24, 2.45) is 10.8 Å². The summed E-state index contributed by atoms with van der Waals surface area (Å²) < 4.78 is 0. The molecule has 0 radical (unpaired) electrons. The highest BCUT2D eigenvalue weighted by Gasteiger charge is 2.57. The summed E-state index contributed by atoms with van der Waals surface area (Å²) in [5.41, 5.74) is 1.55. The average molecular weight is 189 g/mol. The van der Waals surface area contributed by atoms with Crippen LogP contribution in [0.4, 0.5) is 0 Å². The Morgan fingerprint density at radius 3 is 2.22 bits per heavy atom. The molecule has 0 atom stereocenters. The van der Waals surface area contributed by atoms with Gasteiger partial charge in [-0.1, -0.05) is 22.9 Å². The maximum atomic E-state index is 3.56. The van der Waals surface area contributed by atoms with Gasteiger partial charge in [-0.05, 0) is 36.5 Å². The Bertz CT molecular complexity index is 128. The zero-order valence-electron chi connectivity index (χ0n) is 5.91. The van der Waals surface area contributed by atoms with Gasteiger partial charge in [0.25, 0.3) is 0 Å². The van der Waals surface area contributed by atoms with Crippen LogP contribution in [0.3, 0.4) is 0 Å². The van der Waals surface area contributed by atoms with E-state index in [4.69, 9.17) is 0 Å². The molecule has 1 heteroatoms. The highest BCUT2D eigenvalue weighted by atomic mass is 79.9. The molecule has 9 heavy (non-hydrogen) atoms. The Kier molecular flexibility index (Phi) is 1.07. The molecule has 0 aliphatic heterocycles. The molecule has 2 rings (SSSR count). The number of halogens is 1. The molecule has 0 heterocycles. The summed E-state index contributed by atoms with van der Waals surface area (Å²) in [6, 6.07) is 0. The second-order valence-corrected chi connectivity index (χ2v) is 4.86. The fraction of sp³-hybridized carbons (Fsp3) is 1.00. The Morgan fingerprint density at radius 2 is 1.89 bits per heavy atom. The Morgan fingerprint density at radius 1 is 1.33 bits per heavy atom. The maximum absolute atomic E-state index is 3.56. The van der Waals surface area contributed by atoms with Crippen LogP contribution in [0.1, 0.15) is 32.6 Å². The number of hydrogen-bond donors (Lipinski definition) is 0. The summed E-state index contributed by atoms with van der Waals surface area (Å²) in [6.45, 7) is 2.39. The van der Waals surface area contributed by atoms with E-state index in [0.29, 0.717) is 5.41 Å². The summed E-state index contributed by atoms with van der Waals surface area (Å²) in [6.07, 6.45) is 6.03. The Labute approximate surface area is 65.1 Å². The summed E-state index contributed by atoms with van der Waals surface area (Å²) in [4.78, 5) is 0. The summed E-state index contributed by atoms with van der Waals surface area (Å²) in [5.74, 6) is 0. The third-order valence-corrected chi connectivity index (χ3v) is 4.24. The van der Waals surface area contributed by atoms with Crippen LogP contribution in [0.2, 0.25) is 0 Å². The molecule has 2 aliphatic rings. The number of alkyl halides is 1. The first-order valence-corrected chi connectivity index (χ1v) is 4.86. The topological polar surface area (TPSA) is 0 Å². The van der Waals surface area contributed by atoms with Crippen molar-refractivity contribution in [1.82, 2.24) is 0 Å². The van der Waals surface area contributed by atoms with Gasteiger partial charge in [-0.2, -0.15) is 0 Å². The predicted octanol–water partition coefficient (Wildman–Crippen LogP) is 2.96. The molecule has 0 saturated heterocycles. The maximum Gasteiger partial charge on any atom is 0.00857 e. The molecule has 0 bridgehead atoms. The molecule has 52 valence electrons. The van der Waals surface area contributed by atoms with Crippen molar-refractivity contribution in [3.8, 4) is 0 Å². The van der Waals surface area contributed by atoms with Crippen molar-refractivity contribution in [3.05, 3.63) is 0 Å². The average Bonchev–Trinajstić information content (AvgIpc) is 2.46. The lowest BCUT2D eigenvalue weighted by Crippen LogP contribution is -2.37. The van der Waals surface area contributed by atoms with Gasteiger partial charge in [0.15, 0.2) is 0 Å². The predicted molar refractivity (Wildman–Crippen MR) is 42.8 cm³/mol. The van der Waals surface area contributed by atoms with Crippen molar-refractivity contribution in [3.63, 3.8) is 0 Å². The second kappa shape index (κ2) is 1.55. The van der Waals surface area contributed by atoms with Gasteiger partial charge < -0.3 is 0 Å². The standard InChI is InChI=1S/C8H13Br/c1-7(6-9)4-8(5-7)2-3-8/h2-6H2,1H3. The van der Waals surface area contributed by atoms with E-state index >= 15 is 0 Å². The van der Waals surface area contributed by atoms with E-state index in [1.54, 1.807) is 0 Å². The molecule has 2 aliphatic carbocycles. The van der Waals surface area contributed by atoms with Crippen LogP contribution in [0.5, 0.6) is 0 Å². The van der Waals surface area contributed by atoms with Crippen LogP contribution in [-0.4, -0.2) is 5.33 Å². The molecule has 1 spiro atoms. The largest absolute Gasteiger partial charge is 0.0922 e. The normalized spacial score (nSPS) is 34.0. The Hall–Kier alpha value is 0.480. The highest BCUT2D eigenvalue weighted by molar-refractivity contribution is 9.09. The lowest BCUT2D eigenvalue weighted by molar-refractivity contribution is 0.0822. The van der Waals surface area contributed by atoms with E-state index in [9.17, 15) is 0 Å². The zero-order valence-corrected chi connectivity index (χ0v) is 7.50. The van der Waals surface area contributed by atoms with Gasteiger partial charge >= 0.3 is 0 Å². The quantitative estimate of drug-likeness (QED) is 0.556. The summed E-state index contributed by atoms with van der Waals surface area (Å²) >= 11 is 3.56. The summed E-state index contributed by atoms with van der Waals surface area (Å²) in [7, 11) is 0. The molecule has 0 aromatic rings. The minimum absolute atomic E-state index is 0.677. The highest BCUT2D eigenvalue weighted by Crippen LogP contribution is 2.68. The third-order valence-electron chi connectivity index (χ3n) is 2.88. The van der Waals surface area contributed by atoms with Crippen LogP contribution in [-0.2, 0) is 0 Å². The first-order valence-electron chi connectivity index (χ1n) is 3.74. The smallest absolute Gasteiger partial charge is 0.00857 e. The monoisotopic (exact) mass is 188 g/mol. The second-order valence-electron chi connectivity index (χ2n) is 4.30. The van der Waals surface area contributed by atoms with Crippen LogP contribution >= 0.6 is 15.9 Å². The van der Waals surface area contributed by atoms with Crippen LogP contribution < -0.4 is 0 Å². The molecular formula is C8H13Br. The van der Waals surface area contributed by atoms with E-state index in [0.717, 1.165) is 5.41 Å². The SMILES string of the molecule is CC1(CBr)CC2(CC2)C1. The lowest BCUT2D eigenvalue weighted by atomic mass is 9.62. The van der Waals surface area contributed by atoms with Gasteiger partial charge in [-0.25, -0.2) is 0 Å². The van der Waals surface area contributed by atoms with Crippen LogP contribution in [0, 0.1) is 10.8 Å². The molecule has 2 saturated carbocycles. The molecule has 0 aromatic carbocycles. The van der Waals surface area contributed by atoms with Crippen molar-refractivity contribution in [2.45, 2.75) is 32.6 Å². The van der Waals surface area contributed by atoms with E-state index in [-0.39, 0.29) is 0 Å². The van der Waals surface area contributed by atoms with E-state index in [2.05, 4.69) is 22.9 Å². The first-order chi connectivity index (χ1) is 4.18. The van der Waals surface area contributed by atoms with Gasteiger partial charge in [-0.15, -0.1) is 0 Å². The van der Waals surface area contributed by atoms with Crippen molar-refractivity contribution < 1.29 is 0 Å². The molecule has 0 amide bonds. The molecule has 2 fully saturated rings. The number of hydrogen-bond acceptors (Lipinski definition) is 0. The third kappa shape index (κ3) is 0.849.